The molecule has 0 saturated heterocycles. The molecular weight excluding hydrogens is 268 g/mol. The van der Waals surface area contributed by atoms with Crippen molar-refractivity contribution in [2.24, 2.45) is 4.99 Å². The number of aliphatic hydroxyl groups is 1. The summed E-state index contributed by atoms with van der Waals surface area (Å²) in [6.07, 6.45) is 5.18. The van der Waals surface area contributed by atoms with Crippen molar-refractivity contribution in [3.63, 3.8) is 0 Å². The number of allylic oxidation sites excluding steroid dienone is 1. The number of benzene rings is 1. The zero-order valence-corrected chi connectivity index (χ0v) is 12.7. The zero-order chi connectivity index (χ0) is 14.2. The fourth-order valence-electron chi connectivity index (χ4n) is 2.79. The Hall–Kier alpha value is -1.36. The van der Waals surface area contributed by atoms with E-state index < -0.39 is 10.0 Å². The van der Waals surface area contributed by atoms with Gasteiger partial charge < -0.3 is 5.11 Å². The zero-order valence-electron chi connectivity index (χ0n) is 11.9. The summed E-state index contributed by atoms with van der Waals surface area (Å²) in [6, 6.07) is 10.6. The van der Waals surface area contributed by atoms with E-state index in [1.54, 1.807) is 6.20 Å². The van der Waals surface area contributed by atoms with Crippen molar-refractivity contribution >= 4 is 15.2 Å². The van der Waals surface area contributed by atoms with E-state index in [1.807, 2.05) is 0 Å². The molecule has 3 nitrogen and oxygen atoms in total. The Morgan fingerprint density at radius 2 is 2.00 bits per heavy atom. The molecule has 1 unspecified atom stereocenters. The van der Waals surface area contributed by atoms with Crippen molar-refractivity contribution < 1.29 is 5.11 Å². The monoisotopic (exact) mass is 288 g/mol. The van der Waals surface area contributed by atoms with Gasteiger partial charge in [0.2, 0.25) is 5.70 Å². The molecule has 3 rings (SSSR count). The van der Waals surface area contributed by atoms with Crippen LogP contribution < -0.4 is 4.90 Å². The molecule has 2 heterocycles. The molecule has 4 heteroatoms. The Morgan fingerprint density at radius 1 is 1.25 bits per heavy atom. The van der Waals surface area contributed by atoms with Crippen LogP contribution in [0.3, 0.4) is 0 Å². The van der Waals surface area contributed by atoms with E-state index in [0.29, 0.717) is 0 Å². The summed E-state index contributed by atoms with van der Waals surface area (Å²) in [7, 11) is -1.02. The number of aliphatic hydroxyl groups excluding tert-OH is 1. The minimum absolute atomic E-state index is 0.0480. The van der Waals surface area contributed by atoms with E-state index in [2.05, 4.69) is 58.8 Å². The van der Waals surface area contributed by atoms with Crippen LogP contribution in [-0.2, 0) is 6.42 Å². The largest absolute Gasteiger partial charge is 0.386 e. The maximum Gasteiger partial charge on any atom is 0.309 e. The Morgan fingerprint density at radius 3 is 2.70 bits per heavy atom. The molecule has 2 aliphatic rings. The maximum atomic E-state index is 9.41. The standard InChI is InChI=1S/C16H20N2OS/c1-13-12-20(2,9-8-14-6-4-3-5-7-14)16-17-10-15(11-19)18(13)16/h3-7,10,12,19H,8-9,11H2,1-2H3/q+1. The van der Waals surface area contributed by atoms with Gasteiger partial charge in [-0.25, -0.2) is 0 Å². The summed E-state index contributed by atoms with van der Waals surface area (Å²) in [4.78, 5) is 6.70. The highest BCUT2D eigenvalue weighted by Crippen LogP contribution is 2.55. The molecule has 0 spiro atoms. The molecule has 1 radical (unpaired) electrons. The van der Waals surface area contributed by atoms with Gasteiger partial charge in [-0.05, 0) is 28.9 Å². The molecule has 0 amide bonds. The molecule has 0 aliphatic carbocycles. The Balaban J connectivity index is 1.77. The van der Waals surface area contributed by atoms with Crippen LogP contribution in [-0.4, -0.2) is 28.9 Å². The van der Waals surface area contributed by atoms with Crippen LogP contribution >= 0.6 is 10.0 Å². The van der Waals surface area contributed by atoms with Crippen molar-refractivity contribution in [1.29, 1.82) is 0 Å². The van der Waals surface area contributed by atoms with Gasteiger partial charge in [-0.3, -0.25) is 0 Å². The fraction of sp³-hybridized carbons (Fsp3) is 0.312. The summed E-state index contributed by atoms with van der Waals surface area (Å²) in [5.74, 6) is 1.11. The topological polar surface area (TPSA) is 38.5 Å². The Labute approximate surface area is 121 Å². The third-order valence-corrected chi connectivity index (χ3v) is 6.86. The second kappa shape index (κ2) is 5.20. The number of nitrogens with zero attached hydrogens (tertiary/aromatic N) is 2. The first-order valence-corrected chi connectivity index (χ1v) is 9.07. The van der Waals surface area contributed by atoms with Crippen molar-refractivity contribution in [2.45, 2.75) is 13.3 Å². The van der Waals surface area contributed by atoms with E-state index in [4.69, 9.17) is 0 Å². The predicted molar refractivity (Wildman–Crippen MR) is 87.0 cm³/mol. The van der Waals surface area contributed by atoms with E-state index in [9.17, 15) is 5.11 Å². The first kappa shape index (κ1) is 13.6. The number of amidine groups is 1. The van der Waals surface area contributed by atoms with Crippen molar-refractivity contribution in [2.75, 3.05) is 18.6 Å². The lowest BCUT2D eigenvalue weighted by atomic mass is 10.2. The first-order valence-electron chi connectivity index (χ1n) is 6.80. The Kier molecular flexibility index (Phi) is 3.54. The lowest BCUT2D eigenvalue weighted by Gasteiger charge is -2.24. The highest BCUT2D eigenvalue weighted by molar-refractivity contribution is 8.47. The normalized spacial score (nSPS) is 28.4. The molecule has 20 heavy (non-hydrogen) atoms. The molecule has 0 fully saturated rings. The smallest absolute Gasteiger partial charge is 0.309 e. The SMILES string of the molecule is CC1=CS(C)(CCc2ccccc2)C2=NC=C(CO)[N+]12. The lowest BCUT2D eigenvalue weighted by Crippen LogP contribution is -2.31. The summed E-state index contributed by atoms with van der Waals surface area (Å²) in [6.45, 7) is 2.15. The van der Waals surface area contributed by atoms with E-state index in [0.717, 1.165) is 23.0 Å². The van der Waals surface area contributed by atoms with Crippen molar-refractivity contribution in [3.8, 4) is 0 Å². The summed E-state index contributed by atoms with van der Waals surface area (Å²) < 4.78 is 0. The fourth-order valence-corrected chi connectivity index (χ4v) is 5.69. The molecule has 1 aromatic rings. The predicted octanol–water partition coefficient (Wildman–Crippen LogP) is 2.88. The summed E-state index contributed by atoms with van der Waals surface area (Å²) >= 11 is 0. The average Bonchev–Trinajstić information content (AvgIpc) is 3.00. The van der Waals surface area contributed by atoms with Gasteiger partial charge in [0.1, 0.15) is 6.61 Å². The van der Waals surface area contributed by atoms with Gasteiger partial charge in [0, 0.05) is 12.3 Å². The first-order chi connectivity index (χ1) is 9.64. The lowest BCUT2D eigenvalue weighted by molar-refractivity contribution is 0.319. The second-order valence-electron chi connectivity index (χ2n) is 5.38. The van der Waals surface area contributed by atoms with E-state index in [-0.39, 0.29) is 6.61 Å². The number of hydrogen-bond donors (Lipinski definition) is 1. The highest BCUT2D eigenvalue weighted by Gasteiger charge is 2.49. The number of fused-ring (bicyclic) bond motifs is 1. The molecule has 0 aromatic heterocycles. The van der Waals surface area contributed by atoms with E-state index >= 15 is 0 Å². The summed E-state index contributed by atoms with van der Waals surface area (Å²) in [5, 5.41) is 12.9. The van der Waals surface area contributed by atoms with E-state index in [1.165, 1.54) is 11.3 Å². The second-order valence-corrected chi connectivity index (χ2v) is 8.71. The molecule has 0 saturated carbocycles. The van der Waals surface area contributed by atoms with Crippen LogP contribution in [0.5, 0.6) is 0 Å². The molecule has 0 bridgehead atoms. The quantitative estimate of drug-likeness (QED) is 0.850. The van der Waals surface area contributed by atoms with Crippen molar-refractivity contribution in [1.82, 2.24) is 4.90 Å². The van der Waals surface area contributed by atoms with Crippen LogP contribution in [0.4, 0.5) is 0 Å². The maximum absolute atomic E-state index is 9.41. The van der Waals surface area contributed by atoms with Crippen molar-refractivity contribution in [3.05, 3.63) is 58.9 Å². The van der Waals surface area contributed by atoms with Gasteiger partial charge in [-0.2, -0.15) is 4.99 Å². The highest BCUT2D eigenvalue weighted by atomic mass is 32.3. The number of hydrogen-bond acceptors (Lipinski definition) is 3. The van der Waals surface area contributed by atoms with Gasteiger partial charge in [-0.1, -0.05) is 30.3 Å². The minimum Gasteiger partial charge on any atom is -0.386 e. The molecule has 1 aromatic carbocycles. The van der Waals surface area contributed by atoms with Gasteiger partial charge in [0.15, 0.2) is 5.70 Å². The van der Waals surface area contributed by atoms with Crippen LogP contribution in [0.15, 0.2) is 58.3 Å². The van der Waals surface area contributed by atoms with Gasteiger partial charge in [0.05, 0.1) is 6.20 Å². The summed E-state index contributed by atoms with van der Waals surface area (Å²) in [5.41, 5.74) is 3.47. The third kappa shape index (κ3) is 2.24. The van der Waals surface area contributed by atoms with Crippen LogP contribution in [0.1, 0.15) is 12.5 Å². The molecule has 2 aliphatic heterocycles. The van der Waals surface area contributed by atoms with Gasteiger partial charge >= 0.3 is 5.17 Å². The van der Waals surface area contributed by atoms with Gasteiger partial charge in [-0.15, -0.1) is 10.0 Å². The molecular formula is C16H20N2OS+. The Bertz CT molecular complexity index is 606. The van der Waals surface area contributed by atoms with Gasteiger partial charge in [0.25, 0.3) is 0 Å². The van der Waals surface area contributed by atoms with Crippen LogP contribution in [0.25, 0.3) is 0 Å². The average molecular weight is 288 g/mol. The van der Waals surface area contributed by atoms with Crippen LogP contribution in [0.2, 0.25) is 0 Å². The molecule has 105 valence electrons. The third-order valence-electron chi connectivity index (χ3n) is 3.82. The minimum atomic E-state index is -1.02. The number of aryl methyl sites for hydroxylation is 1. The number of rotatable bonds is 4. The molecule has 1 N–H and O–H groups in total. The molecule has 1 atom stereocenters. The number of aliphatic imine (C=N–C) groups is 1. The van der Waals surface area contributed by atoms with Crippen LogP contribution in [0, 0.1) is 0 Å².